The van der Waals surface area contributed by atoms with Gasteiger partial charge >= 0.3 is 0 Å². The fraction of sp³-hybridized carbons (Fsp3) is 0.200. The molecule has 2 aromatic heterocycles. The molecule has 0 atom stereocenters. The highest BCUT2D eigenvalue weighted by Crippen LogP contribution is 2.35. The molecule has 1 aromatic carbocycles. The predicted octanol–water partition coefficient (Wildman–Crippen LogP) is 3.88. The summed E-state index contributed by atoms with van der Waals surface area (Å²) in [6.45, 7) is 0.981. The Balaban J connectivity index is 1.87. The number of rotatable bonds is 7. The fourth-order valence-corrected chi connectivity index (χ4v) is 3.04. The highest BCUT2D eigenvalue weighted by molar-refractivity contribution is 8.16. The number of nitrogens with two attached hydrogens (primary N) is 1. The molecule has 4 N–H and O–H groups in total. The third-order valence-corrected chi connectivity index (χ3v) is 4.71. The molecule has 0 bridgehead atoms. The molecule has 0 saturated carbocycles. The van der Waals surface area contributed by atoms with Gasteiger partial charge in [-0.15, -0.1) is 0 Å². The number of oxazole rings is 1. The van der Waals surface area contributed by atoms with Crippen molar-refractivity contribution in [1.82, 2.24) is 15.3 Å². The zero-order valence-electron chi connectivity index (χ0n) is 16.6. The van der Waals surface area contributed by atoms with Gasteiger partial charge in [0.1, 0.15) is 23.2 Å². The summed E-state index contributed by atoms with van der Waals surface area (Å²) in [5.74, 6) is -3.11. The van der Waals surface area contributed by atoms with E-state index >= 15 is 0 Å². The Hall–Kier alpha value is -3.47. The molecule has 1 amide bonds. The number of nitrogens with one attached hydrogen (secondary N) is 2. The third-order valence-electron chi connectivity index (χ3n) is 4.13. The maximum atomic E-state index is 13.7. The van der Waals surface area contributed by atoms with E-state index in [9.17, 15) is 13.6 Å². The number of hydrogen-bond donors (Lipinski definition) is 3. The molecule has 0 aliphatic rings. The van der Waals surface area contributed by atoms with Crippen molar-refractivity contribution >= 4 is 33.7 Å². The number of aromatic nitrogens is 2. The van der Waals surface area contributed by atoms with E-state index in [1.165, 1.54) is 25.5 Å². The zero-order chi connectivity index (χ0) is 22.6. The number of carbonyl (C=O) groups is 1. The van der Waals surface area contributed by atoms with Gasteiger partial charge in [-0.25, -0.2) is 9.97 Å². The number of carbonyl (C=O) groups excluding carboxylic acids is 1. The lowest BCUT2D eigenvalue weighted by Crippen LogP contribution is -2.23. The first-order valence-corrected chi connectivity index (χ1v) is 9.84. The molecule has 0 saturated heterocycles. The van der Waals surface area contributed by atoms with Crippen molar-refractivity contribution in [2.75, 3.05) is 13.7 Å². The van der Waals surface area contributed by atoms with E-state index in [0.717, 1.165) is 18.7 Å². The van der Waals surface area contributed by atoms with E-state index in [2.05, 4.69) is 15.3 Å². The van der Waals surface area contributed by atoms with E-state index in [0.29, 0.717) is 16.7 Å². The van der Waals surface area contributed by atoms with Crippen LogP contribution in [0.25, 0.3) is 22.4 Å². The average Bonchev–Trinajstić information content (AvgIpc) is 3.21. The van der Waals surface area contributed by atoms with Crippen molar-refractivity contribution in [2.45, 2.75) is 12.8 Å². The van der Waals surface area contributed by atoms with Crippen LogP contribution in [-0.2, 0) is 5.92 Å². The van der Waals surface area contributed by atoms with Crippen molar-refractivity contribution in [3.05, 3.63) is 53.4 Å². The van der Waals surface area contributed by atoms with Gasteiger partial charge in [0.05, 0.1) is 7.11 Å². The monoisotopic (exact) mass is 447 g/mol. The summed E-state index contributed by atoms with van der Waals surface area (Å²) in [6.07, 6.45) is 2.84. The molecule has 3 rings (SSSR count). The first-order valence-electron chi connectivity index (χ1n) is 8.96. The van der Waals surface area contributed by atoms with Crippen LogP contribution < -0.4 is 15.8 Å². The number of thioether (sulfide) groups is 1. The summed E-state index contributed by atoms with van der Waals surface area (Å²) in [4.78, 5) is 20.5. The lowest BCUT2D eigenvalue weighted by atomic mass is 10.1. The van der Waals surface area contributed by atoms with Gasteiger partial charge < -0.3 is 20.2 Å². The van der Waals surface area contributed by atoms with E-state index in [4.69, 9.17) is 20.3 Å². The summed E-state index contributed by atoms with van der Waals surface area (Å²) in [5, 5.41) is 11.7. The number of pyridine rings is 1. The van der Waals surface area contributed by atoms with E-state index in [-0.39, 0.29) is 34.5 Å². The molecule has 31 heavy (non-hydrogen) atoms. The Kier molecular flexibility index (Phi) is 6.54. The van der Waals surface area contributed by atoms with Crippen LogP contribution in [0.1, 0.15) is 23.1 Å². The number of methoxy groups -OCH3 is 1. The van der Waals surface area contributed by atoms with Crippen molar-refractivity contribution in [3.8, 4) is 17.2 Å². The molecular formula is C20H19F2N5O3S. The first-order chi connectivity index (χ1) is 14.7. The standard InChI is InChI=1S/C20H19F2N5O3S/c1-20(21,22)15-7-5-11-12(4-6-14(29-2)16(11)27-15)18-26-13(10-30-18)17(28)25-8-3-9-31-19(23)24/h3-7,9-10H,8H2,1-2H3,(H3,23,24)(H,25,28)/b9-3+. The van der Waals surface area contributed by atoms with Crippen LogP contribution >= 0.6 is 11.8 Å². The number of fused-ring (bicyclic) bond motifs is 1. The van der Waals surface area contributed by atoms with Gasteiger partial charge in [0.25, 0.3) is 11.8 Å². The normalized spacial score (nSPS) is 11.7. The number of hydrogen-bond acceptors (Lipinski definition) is 7. The van der Waals surface area contributed by atoms with Crippen LogP contribution in [0.5, 0.6) is 5.75 Å². The van der Waals surface area contributed by atoms with Crippen LogP contribution in [-0.4, -0.2) is 34.7 Å². The number of nitrogens with zero attached hydrogens (tertiary/aromatic N) is 2. The van der Waals surface area contributed by atoms with E-state index < -0.39 is 11.8 Å². The zero-order valence-corrected chi connectivity index (χ0v) is 17.4. The maximum Gasteiger partial charge on any atom is 0.286 e. The summed E-state index contributed by atoms with van der Waals surface area (Å²) >= 11 is 1.02. The summed E-state index contributed by atoms with van der Waals surface area (Å²) in [7, 11) is 1.42. The number of amides is 1. The highest BCUT2D eigenvalue weighted by atomic mass is 32.2. The van der Waals surface area contributed by atoms with Crippen LogP contribution in [0.3, 0.4) is 0 Å². The van der Waals surface area contributed by atoms with Crippen molar-refractivity contribution in [3.63, 3.8) is 0 Å². The van der Waals surface area contributed by atoms with E-state index in [1.54, 1.807) is 23.6 Å². The Bertz CT molecular complexity index is 1160. The molecule has 0 unspecified atom stereocenters. The number of halogens is 2. The summed E-state index contributed by atoms with van der Waals surface area (Å²) in [6, 6.07) is 5.95. The second kappa shape index (κ2) is 9.13. The van der Waals surface area contributed by atoms with Crippen molar-refractivity contribution in [2.24, 2.45) is 5.73 Å². The minimum Gasteiger partial charge on any atom is -0.494 e. The topological polar surface area (TPSA) is 127 Å². The highest BCUT2D eigenvalue weighted by Gasteiger charge is 2.27. The quantitative estimate of drug-likeness (QED) is 0.370. The average molecular weight is 447 g/mol. The number of benzene rings is 1. The van der Waals surface area contributed by atoms with Crippen LogP contribution in [0.15, 0.2) is 46.4 Å². The van der Waals surface area contributed by atoms with Gasteiger partial charge in [-0.05, 0) is 29.7 Å². The summed E-state index contributed by atoms with van der Waals surface area (Å²) in [5.41, 5.74) is 5.58. The van der Waals surface area contributed by atoms with Gasteiger partial charge in [0.2, 0.25) is 5.89 Å². The SMILES string of the molecule is COc1ccc(-c2nc(C(=O)NC/C=C/SC(=N)N)co2)c2ccc(C(C)(F)F)nc12. The molecule has 2 heterocycles. The second-order valence-corrected chi connectivity index (χ2v) is 7.35. The van der Waals surface area contributed by atoms with E-state index in [1.807, 2.05) is 0 Å². The van der Waals surface area contributed by atoms with Gasteiger partial charge in [0.15, 0.2) is 10.9 Å². The Morgan fingerprint density at radius 2 is 2.13 bits per heavy atom. The minimum absolute atomic E-state index is 0.0521. The molecule has 0 spiro atoms. The van der Waals surface area contributed by atoms with Gasteiger partial charge in [0, 0.05) is 24.4 Å². The fourth-order valence-electron chi connectivity index (χ4n) is 2.70. The van der Waals surface area contributed by atoms with Crippen molar-refractivity contribution < 1.29 is 22.7 Å². The molecule has 0 radical (unpaired) electrons. The predicted molar refractivity (Wildman–Crippen MR) is 114 cm³/mol. The van der Waals surface area contributed by atoms with Gasteiger partial charge in [-0.3, -0.25) is 10.2 Å². The third kappa shape index (κ3) is 5.18. The van der Waals surface area contributed by atoms with Gasteiger partial charge in [-0.2, -0.15) is 8.78 Å². The second-order valence-electron chi connectivity index (χ2n) is 6.40. The molecule has 162 valence electrons. The lowest BCUT2D eigenvalue weighted by molar-refractivity contribution is 0.0131. The Morgan fingerprint density at radius 1 is 1.35 bits per heavy atom. The number of ether oxygens (including phenoxy) is 1. The van der Waals surface area contributed by atoms with Crippen LogP contribution in [0, 0.1) is 5.41 Å². The lowest BCUT2D eigenvalue weighted by Gasteiger charge is -2.13. The summed E-state index contributed by atoms with van der Waals surface area (Å²) < 4.78 is 38.2. The Morgan fingerprint density at radius 3 is 2.81 bits per heavy atom. The molecule has 0 aliphatic heterocycles. The van der Waals surface area contributed by atoms with Crippen LogP contribution in [0.2, 0.25) is 0 Å². The molecule has 0 aliphatic carbocycles. The number of alkyl halides is 2. The number of amidine groups is 1. The minimum atomic E-state index is -3.11. The maximum absolute atomic E-state index is 13.7. The van der Waals surface area contributed by atoms with Crippen molar-refractivity contribution in [1.29, 1.82) is 5.41 Å². The first kappa shape index (κ1) is 22.2. The molecule has 8 nitrogen and oxygen atoms in total. The van der Waals surface area contributed by atoms with Crippen LogP contribution in [0.4, 0.5) is 8.78 Å². The Labute approximate surface area is 180 Å². The molecular weight excluding hydrogens is 428 g/mol. The van der Waals surface area contributed by atoms with Gasteiger partial charge in [-0.1, -0.05) is 17.8 Å². The smallest absolute Gasteiger partial charge is 0.286 e. The molecule has 11 heteroatoms. The molecule has 0 fully saturated rings. The molecule has 3 aromatic rings. The largest absolute Gasteiger partial charge is 0.494 e.